The number of benzene rings is 3. The highest BCUT2D eigenvalue weighted by molar-refractivity contribution is 6.03. The minimum absolute atomic E-state index is 0.0498. The van der Waals surface area contributed by atoms with Crippen LogP contribution in [-0.4, -0.2) is 17.9 Å². The summed E-state index contributed by atoms with van der Waals surface area (Å²) in [5, 5.41) is 2.87. The maximum Gasteiger partial charge on any atom is 0.251 e. The molecule has 0 spiro atoms. The standard InChI is InChI=1S/C27H27FN2O2/c1-20(2)29-26(31)18-22-11-14-25(15-12-22)30(19-23-9-6-10-24(28)17-23)27(32)16-13-21-7-4-3-5-8-21/h3-17,20H,18-19H2,1-2H3,(H,29,31). The van der Waals surface area contributed by atoms with Crippen LogP contribution in [0, 0.1) is 5.82 Å². The average molecular weight is 431 g/mol. The summed E-state index contributed by atoms with van der Waals surface area (Å²) in [6, 6.07) is 23.1. The summed E-state index contributed by atoms with van der Waals surface area (Å²) in [6.07, 6.45) is 3.54. The predicted octanol–water partition coefficient (Wildman–Crippen LogP) is 5.14. The molecule has 0 bridgehead atoms. The molecule has 0 aliphatic rings. The largest absolute Gasteiger partial charge is 0.354 e. The molecular formula is C27H27FN2O2. The summed E-state index contributed by atoms with van der Waals surface area (Å²) in [5.41, 5.74) is 3.12. The van der Waals surface area contributed by atoms with Crippen molar-refractivity contribution in [3.63, 3.8) is 0 Å². The molecule has 0 atom stereocenters. The first-order chi connectivity index (χ1) is 15.4. The maximum atomic E-state index is 13.7. The molecule has 0 saturated heterocycles. The van der Waals surface area contributed by atoms with Gasteiger partial charge in [0.2, 0.25) is 5.91 Å². The first-order valence-corrected chi connectivity index (χ1v) is 10.6. The van der Waals surface area contributed by atoms with Crippen LogP contribution in [0.2, 0.25) is 0 Å². The van der Waals surface area contributed by atoms with Gasteiger partial charge in [-0.05, 0) is 60.9 Å². The van der Waals surface area contributed by atoms with E-state index >= 15 is 0 Å². The first-order valence-electron chi connectivity index (χ1n) is 10.6. The summed E-state index contributed by atoms with van der Waals surface area (Å²) < 4.78 is 13.7. The molecule has 0 aliphatic heterocycles. The van der Waals surface area contributed by atoms with Crippen LogP contribution in [0.3, 0.4) is 0 Å². The Kier molecular flexibility index (Phi) is 7.92. The molecule has 0 aromatic heterocycles. The Balaban J connectivity index is 1.82. The third-order valence-electron chi connectivity index (χ3n) is 4.78. The van der Waals surface area contributed by atoms with Crippen LogP contribution in [-0.2, 0) is 22.6 Å². The fourth-order valence-corrected chi connectivity index (χ4v) is 3.29. The van der Waals surface area contributed by atoms with Crippen molar-refractivity contribution in [2.24, 2.45) is 0 Å². The van der Waals surface area contributed by atoms with E-state index in [1.54, 1.807) is 23.1 Å². The molecule has 4 nitrogen and oxygen atoms in total. The van der Waals surface area contributed by atoms with E-state index < -0.39 is 0 Å². The lowest BCUT2D eigenvalue weighted by Gasteiger charge is -2.22. The van der Waals surface area contributed by atoms with Gasteiger partial charge in [-0.3, -0.25) is 9.59 Å². The van der Waals surface area contributed by atoms with Gasteiger partial charge in [0, 0.05) is 17.8 Å². The van der Waals surface area contributed by atoms with Crippen molar-refractivity contribution < 1.29 is 14.0 Å². The predicted molar refractivity (Wildman–Crippen MR) is 126 cm³/mol. The molecule has 3 rings (SSSR count). The van der Waals surface area contributed by atoms with Gasteiger partial charge in [-0.25, -0.2) is 4.39 Å². The molecule has 0 fully saturated rings. The van der Waals surface area contributed by atoms with Crippen LogP contribution in [0.15, 0.2) is 84.9 Å². The van der Waals surface area contributed by atoms with Crippen molar-refractivity contribution in [3.8, 4) is 0 Å². The van der Waals surface area contributed by atoms with Crippen molar-refractivity contribution >= 4 is 23.6 Å². The van der Waals surface area contributed by atoms with E-state index in [-0.39, 0.29) is 36.6 Å². The van der Waals surface area contributed by atoms with Gasteiger partial charge in [-0.1, -0.05) is 54.6 Å². The molecule has 3 aromatic carbocycles. The molecule has 1 N–H and O–H groups in total. The van der Waals surface area contributed by atoms with E-state index in [1.807, 2.05) is 68.4 Å². The van der Waals surface area contributed by atoms with E-state index in [0.717, 1.165) is 11.1 Å². The number of nitrogens with one attached hydrogen (secondary N) is 1. The van der Waals surface area contributed by atoms with Crippen LogP contribution in [0.5, 0.6) is 0 Å². The Bertz CT molecular complexity index is 1080. The Hall–Kier alpha value is -3.73. The van der Waals surface area contributed by atoms with Gasteiger partial charge in [-0.2, -0.15) is 0 Å². The van der Waals surface area contributed by atoms with E-state index in [9.17, 15) is 14.0 Å². The fourth-order valence-electron chi connectivity index (χ4n) is 3.29. The third kappa shape index (κ3) is 6.91. The number of amides is 2. The highest BCUT2D eigenvalue weighted by Crippen LogP contribution is 2.20. The number of halogens is 1. The summed E-state index contributed by atoms with van der Waals surface area (Å²) in [6.45, 7) is 4.06. The summed E-state index contributed by atoms with van der Waals surface area (Å²) in [7, 11) is 0. The lowest BCUT2D eigenvalue weighted by molar-refractivity contribution is -0.121. The normalized spacial score (nSPS) is 11.0. The zero-order valence-corrected chi connectivity index (χ0v) is 18.3. The smallest absolute Gasteiger partial charge is 0.251 e. The Morgan fingerprint density at radius 2 is 1.66 bits per heavy atom. The Morgan fingerprint density at radius 3 is 2.31 bits per heavy atom. The van der Waals surface area contributed by atoms with Crippen molar-refractivity contribution in [2.75, 3.05) is 4.90 Å². The minimum Gasteiger partial charge on any atom is -0.354 e. The Morgan fingerprint density at radius 1 is 0.938 bits per heavy atom. The molecular weight excluding hydrogens is 403 g/mol. The molecule has 32 heavy (non-hydrogen) atoms. The molecule has 0 saturated carbocycles. The second-order valence-electron chi connectivity index (χ2n) is 7.86. The van der Waals surface area contributed by atoms with E-state index in [0.29, 0.717) is 11.3 Å². The lowest BCUT2D eigenvalue weighted by Crippen LogP contribution is -2.31. The Labute approximate surface area is 188 Å². The van der Waals surface area contributed by atoms with Gasteiger partial charge in [0.05, 0.1) is 13.0 Å². The number of carbonyl (C=O) groups excluding carboxylic acids is 2. The molecule has 2 amide bonds. The quantitative estimate of drug-likeness (QED) is 0.503. The van der Waals surface area contributed by atoms with Crippen molar-refractivity contribution in [2.45, 2.75) is 32.9 Å². The zero-order chi connectivity index (χ0) is 22.9. The molecule has 0 heterocycles. The van der Waals surface area contributed by atoms with Crippen molar-refractivity contribution in [1.82, 2.24) is 5.32 Å². The molecule has 0 aliphatic carbocycles. The van der Waals surface area contributed by atoms with Gasteiger partial charge in [-0.15, -0.1) is 0 Å². The van der Waals surface area contributed by atoms with Crippen LogP contribution in [0.25, 0.3) is 6.08 Å². The van der Waals surface area contributed by atoms with Crippen LogP contribution >= 0.6 is 0 Å². The van der Waals surface area contributed by atoms with Crippen LogP contribution < -0.4 is 10.2 Å². The first kappa shape index (κ1) is 22.9. The topological polar surface area (TPSA) is 49.4 Å². The van der Waals surface area contributed by atoms with Crippen LogP contribution in [0.4, 0.5) is 10.1 Å². The number of anilines is 1. The number of hydrogen-bond acceptors (Lipinski definition) is 2. The second-order valence-corrected chi connectivity index (χ2v) is 7.86. The summed E-state index contributed by atoms with van der Waals surface area (Å²) in [5.74, 6) is -0.615. The highest BCUT2D eigenvalue weighted by Gasteiger charge is 2.15. The highest BCUT2D eigenvalue weighted by atomic mass is 19.1. The van der Waals surface area contributed by atoms with Crippen molar-refractivity contribution in [1.29, 1.82) is 0 Å². The van der Waals surface area contributed by atoms with Crippen LogP contribution in [0.1, 0.15) is 30.5 Å². The van der Waals surface area contributed by atoms with Gasteiger partial charge in [0.25, 0.3) is 5.91 Å². The minimum atomic E-state index is -0.346. The van der Waals surface area contributed by atoms with Gasteiger partial charge < -0.3 is 10.2 Å². The molecule has 0 radical (unpaired) electrons. The molecule has 0 unspecified atom stereocenters. The second kappa shape index (κ2) is 11.0. The maximum absolute atomic E-state index is 13.7. The van der Waals surface area contributed by atoms with Gasteiger partial charge in [0.15, 0.2) is 0 Å². The molecule has 5 heteroatoms. The lowest BCUT2D eigenvalue weighted by atomic mass is 10.1. The zero-order valence-electron chi connectivity index (χ0n) is 18.3. The summed E-state index contributed by atoms with van der Waals surface area (Å²) in [4.78, 5) is 26.7. The number of nitrogens with zero attached hydrogens (tertiary/aromatic N) is 1. The molecule has 3 aromatic rings. The fraction of sp³-hybridized carbons (Fsp3) is 0.185. The van der Waals surface area contributed by atoms with Gasteiger partial charge in [0.1, 0.15) is 5.82 Å². The number of hydrogen-bond donors (Lipinski definition) is 1. The van der Waals surface area contributed by atoms with E-state index in [2.05, 4.69) is 5.32 Å². The average Bonchev–Trinajstić information content (AvgIpc) is 2.77. The molecule has 164 valence electrons. The number of rotatable bonds is 8. The summed E-state index contributed by atoms with van der Waals surface area (Å²) >= 11 is 0. The monoisotopic (exact) mass is 430 g/mol. The van der Waals surface area contributed by atoms with E-state index in [1.165, 1.54) is 18.2 Å². The van der Waals surface area contributed by atoms with Crippen molar-refractivity contribution in [3.05, 3.63) is 107 Å². The van der Waals surface area contributed by atoms with Gasteiger partial charge >= 0.3 is 0 Å². The number of carbonyl (C=O) groups is 2. The third-order valence-corrected chi connectivity index (χ3v) is 4.78. The van der Waals surface area contributed by atoms with E-state index in [4.69, 9.17) is 0 Å². The SMILES string of the molecule is CC(C)NC(=O)Cc1ccc(N(Cc2cccc(F)c2)C(=O)C=Cc2ccccc2)cc1.